The summed E-state index contributed by atoms with van der Waals surface area (Å²) in [6.45, 7) is 4.66. The molecule has 4 atom stereocenters. The average Bonchev–Trinajstić information content (AvgIpc) is 3.20. The molecule has 2 rings (SSSR count). The fraction of sp³-hybridized carbons (Fsp3) is 0.368. The Hall–Kier alpha value is -5.92. The second kappa shape index (κ2) is 26.5. The summed E-state index contributed by atoms with van der Waals surface area (Å²) in [7, 11) is 3.06. The fourth-order valence-corrected chi connectivity index (χ4v) is 7.85. The first-order chi connectivity index (χ1) is 29.6. The molecule has 21 nitrogen and oxygen atoms in total. The molecular weight excluding hydrogens is 903 g/mol. The quantitative estimate of drug-likeness (QED) is 0.0304. The van der Waals surface area contributed by atoms with Crippen LogP contribution in [0.25, 0.3) is 0 Å². The molecule has 25 heteroatoms. The first-order valence-corrected chi connectivity index (χ1v) is 21.9. The predicted molar refractivity (Wildman–Crippen MR) is 241 cm³/mol. The molecule has 0 spiro atoms. The summed E-state index contributed by atoms with van der Waals surface area (Å²) < 4.78 is 11.1. The number of thioether (sulfide) groups is 3. The van der Waals surface area contributed by atoms with Gasteiger partial charge in [0.2, 0.25) is 56.8 Å². The van der Waals surface area contributed by atoms with E-state index in [-0.39, 0.29) is 51.6 Å². The molecule has 0 heterocycles. The Morgan fingerprint density at radius 3 is 1.65 bits per heavy atom. The van der Waals surface area contributed by atoms with Gasteiger partial charge in [0, 0.05) is 64.8 Å². The minimum atomic E-state index is -1.37. The van der Waals surface area contributed by atoms with Gasteiger partial charge in [-0.25, -0.2) is 9.59 Å². The maximum absolute atomic E-state index is 13.5. The molecule has 0 radical (unpaired) electrons. The van der Waals surface area contributed by atoms with Crippen molar-refractivity contribution in [2.45, 2.75) is 51.9 Å². The van der Waals surface area contributed by atoms with Crippen molar-refractivity contribution in [2.75, 3.05) is 37.1 Å². The molecule has 8 N–H and O–H groups in total. The van der Waals surface area contributed by atoms with Crippen LogP contribution in [-0.2, 0) is 38.4 Å². The third-order valence-electron chi connectivity index (χ3n) is 7.56. The van der Waals surface area contributed by atoms with Gasteiger partial charge in [-0.3, -0.25) is 49.1 Å². The van der Waals surface area contributed by atoms with Gasteiger partial charge in [0.05, 0.1) is 5.56 Å². The highest BCUT2D eigenvalue weighted by molar-refractivity contribution is 8.15. The Balaban J connectivity index is 2.21. The number of thiol groups is 1. The highest BCUT2D eigenvalue weighted by Crippen LogP contribution is 2.27. The molecule has 0 fully saturated rings. The topological polar surface area (TPSA) is 315 Å². The number of amides is 5. The Morgan fingerprint density at radius 2 is 1.11 bits per heavy atom. The SMILES string of the molecule is CC(=O)NC(CSC(=O)C(CSC(=O)c1ccccc1OC(=O)c1ccccc1OC(=O)C(CSC(=O)C(CS)NC(C)=O)NC(C)=O)NC(C)=O)C(=O)N/C(N)=N/C(=N)N(C)C. The molecule has 5 amide bonds. The van der Waals surface area contributed by atoms with Crippen LogP contribution in [0.5, 0.6) is 11.5 Å². The lowest BCUT2D eigenvalue weighted by Crippen LogP contribution is -2.51. The van der Waals surface area contributed by atoms with E-state index in [4.69, 9.17) is 20.6 Å². The number of aliphatic imine (C=N–C) groups is 1. The van der Waals surface area contributed by atoms with Crippen LogP contribution >= 0.6 is 47.9 Å². The van der Waals surface area contributed by atoms with E-state index in [1.54, 1.807) is 0 Å². The number of hydrogen-bond donors (Lipinski definition) is 8. The van der Waals surface area contributed by atoms with Gasteiger partial charge in [0.15, 0.2) is 0 Å². The van der Waals surface area contributed by atoms with Crippen molar-refractivity contribution >= 4 is 117 Å². The van der Waals surface area contributed by atoms with Crippen molar-refractivity contribution in [3.8, 4) is 11.5 Å². The zero-order valence-corrected chi connectivity index (χ0v) is 38.1. The Morgan fingerprint density at radius 1 is 0.667 bits per heavy atom. The number of guanidine groups is 2. The zero-order valence-electron chi connectivity index (χ0n) is 34.8. The highest BCUT2D eigenvalue weighted by Gasteiger charge is 2.30. The van der Waals surface area contributed by atoms with Crippen molar-refractivity contribution in [1.29, 1.82) is 5.41 Å². The summed E-state index contributed by atoms with van der Waals surface area (Å²) in [6.07, 6.45) is 0. The van der Waals surface area contributed by atoms with E-state index in [2.05, 4.69) is 44.2 Å². The van der Waals surface area contributed by atoms with Gasteiger partial charge in [-0.15, -0.1) is 0 Å². The first-order valence-electron chi connectivity index (χ1n) is 18.4. The van der Waals surface area contributed by atoms with Gasteiger partial charge in [0.25, 0.3) is 0 Å². The van der Waals surface area contributed by atoms with Gasteiger partial charge < -0.3 is 41.4 Å². The number of ether oxygens (including phenoxy) is 2. The maximum atomic E-state index is 13.5. The molecule has 0 saturated heterocycles. The number of para-hydroxylation sites is 2. The van der Waals surface area contributed by atoms with Crippen molar-refractivity contribution in [3.63, 3.8) is 0 Å². The van der Waals surface area contributed by atoms with Crippen LogP contribution in [0.4, 0.5) is 0 Å². The van der Waals surface area contributed by atoms with E-state index in [9.17, 15) is 47.9 Å². The van der Waals surface area contributed by atoms with Crippen molar-refractivity contribution in [1.82, 2.24) is 31.5 Å². The van der Waals surface area contributed by atoms with E-state index in [1.807, 2.05) is 0 Å². The van der Waals surface area contributed by atoms with E-state index in [0.717, 1.165) is 20.8 Å². The summed E-state index contributed by atoms with van der Waals surface area (Å²) in [5.74, 6) is -7.39. The zero-order chi connectivity index (χ0) is 47.4. The van der Waals surface area contributed by atoms with E-state index in [1.165, 1.54) is 74.4 Å². The number of hydrogen-bond acceptors (Lipinski definition) is 17. The molecular formula is C38H47N9O12S4. The van der Waals surface area contributed by atoms with Gasteiger partial charge in [-0.05, 0) is 24.3 Å². The monoisotopic (exact) mass is 949 g/mol. The molecule has 4 unspecified atom stereocenters. The minimum Gasteiger partial charge on any atom is -0.424 e. The largest absolute Gasteiger partial charge is 0.424 e. The fourth-order valence-electron chi connectivity index (χ4n) is 4.69. The van der Waals surface area contributed by atoms with Crippen LogP contribution in [0.2, 0.25) is 0 Å². The third-order valence-corrected chi connectivity index (χ3v) is 11.0. The molecule has 0 saturated carbocycles. The van der Waals surface area contributed by atoms with Crippen LogP contribution < -0.4 is 41.8 Å². The molecule has 0 aromatic heterocycles. The normalized spacial score (nSPS) is 12.8. The van der Waals surface area contributed by atoms with Crippen LogP contribution in [0, 0.1) is 5.41 Å². The van der Waals surface area contributed by atoms with Gasteiger partial charge >= 0.3 is 11.9 Å². The molecule has 340 valence electrons. The second-order valence-corrected chi connectivity index (χ2v) is 16.5. The number of esters is 2. The number of carbonyl (C=O) groups excluding carboxylic acids is 10. The van der Waals surface area contributed by atoms with E-state index >= 15 is 0 Å². The smallest absolute Gasteiger partial charge is 0.347 e. The number of benzene rings is 2. The van der Waals surface area contributed by atoms with Crippen LogP contribution in [0.1, 0.15) is 48.4 Å². The first kappa shape index (κ1) is 53.2. The van der Waals surface area contributed by atoms with Crippen LogP contribution in [0.15, 0.2) is 53.5 Å². The average molecular weight is 950 g/mol. The van der Waals surface area contributed by atoms with E-state index < -0.39 is 86.9 Å². The molecule has 2 aromatic carbocycles. The number of nitrogens with zero attached hydrogens (tertiary/aromatic N) is 2. The highest BCUT2D eigenvalue weighted by atomic mass is 32.2. The van der Waals surface area contributed by atoms with Crippen molar-refractivity contribution < 1.29 is 57.4 Å². The molecule has 0 aliphatic rings. The molecule has 63 heavy (non-hydrogen) atoms. The Labute approximate surface area is 380 Å². The second-order valence-electron chi connectivity index (χ2n) is 13.1. The van der Waals surface area contributed by atoms with Gasteiger partial charge in [-0.2, -0.15) is 17.6 Å². The van der Waals surface area contributed by atoms with Gasteiger partial charge in [0.1, 0.15) is 41.2 Å². The molecule has 2 aromatic rings. The number of carbonyl (C=O) groups is 10. The summed E-state index contributed by atoms with van der Waals surface area (Å²) in [5.41, 5.74) is 5.35. The number of rotatable bonds is 19. The van der Waals surface area contributed by atoms with Crippen molar-refractivity contribution in [2.24, 2.45) is 10.7 Å². The summed E-state index contributed by atoms with van der Waals surface area (Å²) >= 11 is 5.90. The van der Waals surface area contributed by atoms with E-state index in [0.29, 0.717) is 35.3 Å². The standard InChI is InChI=1S/C38H47N9O12S4/c1-19(48)41-25(15-60)35(56)63-17-27(43-21(3)50)33(54)59-29-13-9-7-11-23(29)32(53)58-30-14-10-8-12-24(30)34(55)61-18-28(44-22(4)51)36(57)62-16-26(42-20(2)49)31(52)45-37(39)46-38(40)47(5)6/h7-14,25-28,60H,15-18H2,1-6H3,(H,41,48)(H,42,49)(H,43,50)(H,44,51)(H4,39,40,45,46,52). The van der Waals surface area contributed by atoms with Gasteiger partial charge in [-0.1, -0.05) is 59.6 Å². The van der Waals surface area contributed by atoms with Crippen LogP contribution in [-0.4, -0.2) is 135 Å². The molecule has 0 bridgehead atoms. The lowest BCUT2D eigenvalue weighted by atomic mass is 10.2. The van der Waals surface area contributed by atoms with Crippen LogP contribution in [0.3, 0.4) is 0 Å². The summed E-state index contributed by atoms with van der Waals surface area (Å²) in [5, 5.41) is 17.8. The minimum absolute atomic E-state index is 0.0219. The number of nitrogens with one attached hydrogen (secondary N) is 6. The summed E-state index contributed by atoms with van der Waals surface area (Å²) in [4.78, 5) is 132. The molecule has 0 aliphatic heterocycles. The molecule has 0 aliphatic carbocycles. The Kier molecular flexibility index (Phi) is 22.4. The maximum Gasteiger partial charge on any atom is 0.347 e. The number of nitrogens with two attached hydrogens (primary N) is 1. The summed E-state index contributed by atoms with van der Waals surface area (Å²) in [6, 6.07) is 6.19. The lowest BCUT2D eigenvalue weighted by Gasteiger charge is -2.20. The predicted octanol–water partition coefficient (Wildman–Crippen LogP) is 0.0801. The van der Waals surface area contributed by atoms with Crippen molar-refractivity contribution in [3.05, 3.63) is 59.7 Å². The Bertz CT molecular complexity index is 2120. The lowest BCUT2D eigenvalue weighted by molar-refractivity contribution is -0.138. The third kappa shape index (κ3) is 18.9.